The van der Waals surface area contributed by atoms with E-state index in [-0.39, 0.29) is 36.9 Å². The van der Waals surface area contributed by atoms with Crippen LogP contribution in [-0.2, 0) is 30.8 Å². The number of carbonyl (C=O) groups is 3. The second-order valence-corrected chi connectivity index (χ2v) is 11.5. The third kappa shape index (κ3) is 5.83. The lowest BCUT2D eigenvalue weighted by atomic mass is 10.0. The molecule has 12 heteroatoms. The molecular formula is C29H29N5O6S. The number of para-hydroxylation sites is 1. The van der Waals surface area contributed by atoms with Gasteiger partial charge in [-0.3, -0.25) is 14.6 Å². The number of aromatic amines is 1. The monoisotopic (exact) mass is 575 g/mol. The van der Waals surface area contributed by atoms with Crippen molar-refractivity contribution in [3.05, 3.63) is 96.4 Å². The van der Waals surface area contributed by atoms with E-state index in [2.05, 4.69) is 15.3 Å². The summed E-state index contributed by atoms with van der Waals surface area (Å²) in [4.78, 5) is 48.4. The fraction of sp³-hybridized carbons (Fsp3) is 0.241. The molecule has 0 radical (unpaired) electrons. The Balaban J connectivity index is 1.45. The first-order valence-electron chi connectivity index (χ1n) is 13.0. The van der Waals surface area contributed by atoms with Crippen molar-refractivity contribution in [3.63, 3.8) is 0 Å². The fourth-order valence-electron chi connectivity index (χ4n) is 4.98. The van der Waals surface area contributed by atoms with Crippen LogP contribution in [0.5, 0.6) is 0 Å². The predicted octanol–water partition coefficient (Wildman–Crippen LogP) is 1.98. The van der Waals surface area contributed by atoms with Gasteiger partial charge in [0.05, 0.1) is 17.6 Å². The zero-order chi connectivity index (χ0) is 29.0. The molecule has 3 heterocycles. The maximum atomic E-state index is 13.8. The van der Waals surface area contributed by atoms with Crippen molar-refractivity contribution in [3.8, 4) is 0 Å². The summed E-state index contributed by atoms with van der Waals surface area (Å²) in [7, 11) is -2.89. The van der Waals surface area contributed by atoms with E-state index >= 15 is 0 Å². The second kappa shape index (κ2) is 11.9. The van der Waals surface area contributed by atoms with E-state index in [9.17, 15) is 22.8 Å². The average Bonchev–Trinajstić information content (AvgIpc) is 3.43. The Bertz CT molecular complexity index is 1660. The van der Waals surface area contributed by atoms with Gasteiger partial charge < -0.3 is 19.9 Å². The highest BCUT2D eigenvalue weighted by molar-refractivity contribution is 7.89. The summed E-state index contributed by atoms with van der Waals surface area (Å²) in [6.45, 7) is -0.265. The first kappa shape index (κ1) is 28.0. The Hall–Kier alpha value is -4.55. The molecule has 1 aliphatic heterocycles. The number of rotatable bonds is 8. The maximum absolute atomic E-state index is 13.8. The first-order valence-corrected chi connectivity index (χ1v) is 14.4. The number of hydrogen-bond acceptors (Lipinski definition) is 7. The Morgan fingerprint density at radius 1 is 1.05 bits per heavy atom. The van der Waals surface area contributed by atoms with Crippen LogP contribution >= 0.6 is 0 Å². The van der Waals surface area contributed by atoms with Gasteiger partial charge in [-0.25, -0.2) is 13.2 Å². The first-order chi connectivity index (χ1) is 19.8. The van der Waals surface area contributed by atoms with Gasteiger partial charge in [0.2, 0.25) is 15.9 Å². The number of aromatic nitrogens is 2. The van der Waals surface area contributed by atoms with Crippen molar-refractivity contribution >= 4 is 38.7 Å². The number of ether oxygens (including phenoxy) is 1. The number of piperazine rings is 1. The molecule has 41 heavy (non-hydrogen) atoms. The van der Waals surface area contributed by atoms with Gasteiger partial charge in [0.25, 0.3) is 5.91 Å². The Labute approximate surface area is 237 Å². The quantitative estimate of drug-likeness (QED) is 0.306. The molecule has 2 aromatic carbocycles. The molecule has 2 aromatic heterocycles. The van der Waals surface area contributed by atoms with Crippen LogP contribution in [0, 0.1) is 0 Å². The number of pyridine rings is 1. The van der Waals surface area contributed by atoms with Crippen LogP contribution in [-0.4, -0.2) is 84.2 Å². The Morgan fingerprint density at radius 3 is 2.54 bits per heavy atom. The summed E-state index contributed by atoms with van der Waals surface area (Å²) in [5, 5.41) is 3.59. The molecule has 11 nitrogen and oxygen atoms in total. The average molecular weight is 576 g/mol. The number of carbonyl (C=O) groups excluding carboxylic acids is 3. The molecule has 0 bridgehead atoms. The highest BCUT2D eigenvalue weighted by atomic mass is 32.2. The van der Waals surface area contributed by atoms with Crippen molar-refractivity contribution in [1.82, 2.24) is 24.5 Å². The van der Waals surface area contributed by atoms with Crippen LogP contribution < -0.4 is 5.32 Å². The molecule has 0 unspecified atom stereocenters. The third-order valence-electron chi connectivity index (χ3n) is 7.08. The van der Waals surface area contributed by atoms with Crippen molar-refractivity contribution in [2.75, 3.05) is 26.7 Å². The lowest BCUT2D eigenvalue weighted by Crippen LogP contribution is -2.62. The Kier molecular flexibility index (Phi) is 8.13. The number of fused-ring (bicyclic) bond motifs is 1. The molecule has 212 valence electrons. The lowest BCUT2D eigenvalue weighted by Gasteiger charge is -2.40. The summed E-state index contributed by atoms with van der Waals surface area (Å²) < 4.78 is 33.4. The molecule has 0 spiro atoms. The van der Waals surface area contributed by atoms with E-state index in [1.165, 1.54) is 36.5 Å². The third-order valence-corrected chi connectivity index (χ3v) is 9.00. The van der Waals surface area contributed by atoms with Crippen molar-refractivity contribution in [2.24, 2.45) is 0 Å². The van der Waals surface area contributed by atoms with Crippen molar-refractivity contribution in [2.45, 2.75) is 23.4 Å². The number of sulfonamides is 1. The minimum Gasteiger partial charge on any atom is -0.467 e. The van der Waals surface area contributed by atoms with Crippen LogP contribution in [0.15, 0.2) is 90.2 Å². The molecule has 1 saturated heterocycles. The Morgan fingerprint density at radius 2 is 1.80 bits per heavy atom. The van der Waals surface area contributed by atoms with Gasteiger partial charge in [-0.05, 0) is 35.9 Å². The molecule has 2 atom stereocenters. The molecule has 2 amide bonds. The van der Waals surface area contributed by atoms with E-state index in [0.717, 1.165) is 20.8 Å². The van der Waals surface area contributed by atoms with E-state index in [1.807, 2.05) is 24.3 Å². The highest BCUT2D eigenvalue weighted by Gasteiger charge is 2.42. The van der Waals surface area contributed by atoms with Crippen LogP contribution in [0.3, 0.4) is 0 Å². The number of amides is 2. The number of methoxy groups -OCH3 is 1. The summed E-state index contributed by atoms with van der Waals surface area (Å²) in [5.41, 5.74) is 1.97. The molecule has 5 rings (SSSR count). The number of nitrogens with one attached hydrogen (secondary N) is 2. The molecule has 1 aliphatic rings. The molecule has 0 aliphatic carbocycles. The van der Waals surface area contributed by atoms with Gasteiger partial charge in [0, 0.05) is 55.5 Å². The van der Waals surface area contributed by atoms with Crippen LogP contribution in [0.25, 0.3) is 10.9 Å². The van der Waals surface area contributed by atoms with Crippen LogP contribution in [0.2, 0.25) is 0 Å². The van der Waals surface area contributed by atoms with Gasteiger partial charge in [0.1, 0.15) is 12.1 Å². The zero-order valence-corrected chi connectivity index (χ0v) is 23.1. The summed E-state index contributed by atoms with van der Waals surface area (Å²) >= 11 is 0. The van der Waals surface area contributed by atoms with Gasteiger partial charge in [-0.2, -0.15) is 4.31 Å². The van der Waals surface area contributed by atoms with Crippen molar-refractivity contribution in [1.29, 1.82) is 0 Å². The minimum absolute atomic E-state index is 0.0214. The van der Waals surface area contributed by atoms with E-state index < -0.39 is 34.0 Å². The topological polar surface area (TPSA) is 142 Å². The summed E-state index contributed by atoms with van der Waals surface area (Å²) in [6, 6.07) is 16.2. The number of benzene rings is 2. The van der Waals surface area contributed by atoms with E-state index in [1.54, 1.807) is 36.5 Å². The lowest BCUT2D eigenvalue weighted by molar-refractivity contribution is -0.145. The van der Waals surface area contributed by atoms with Gasteiger partial charge in [0.15, 0.2) is 0 Å². The molecule has 2 N–H and O–H groups in total. The number of nitrogens with zero attached hydrogens (tertiary/aromatic N) is 3. The van der Waals surface area contributed by atoms with Gasteiger partial charge >= 0.3 is 5.97 Å². The zero-order valence-electron chi connectivity index (χ0n) is 22.3. The number of H-pyrrole nitrogens is 1. The van der Waals surface area contributed by atoms with Gasteiger partial charge in [-0.1, -0.05) is 36.4 Å². The maximum Gasteiger partial charge on any atom is 0.328 e. The van der Waals surface area contributed by atoms with E-state index in [4.69, 9.17) is 4.74 Å². The summed E-state index contributed by atoms with van der Waals surface area (Å²) in [5.74, 6) is -1.78. The predicted molar refractivity (Wildman–Crippen MR) is 150 cm³/mol. The summed E-state index contributed by atoms with van der Waals surface area (Å²) in [6.07, 6.45) is 4.82. The second-order valence-electron chi connectivity index (χ2n) is 9.59. The smallest absolute Gasteiger partial charge is 0.328 e. The molecular weight excluding hydrogens is 546 g/mol. The van der Waals surface area contributed by atoms with E-state index in [0.29, 0.717) is 5.56 Å². The largest absolute Gasteiger partial charge is 0.467 e. The van der Waals surface area contributed by atoms with Gasteiger partial charge in [-0.15, -0.1) is 0 Å². The molecule has 4 aromatic rings. The SMILES string of the molecule is COC(=O)[C@@H](Cc1c[nH]c2ccccc12)NC(=O)[C@@H]1CN(C(=O)c2cccnc2)CCN1S(=O)(=O)c1ccccc1. The molecule has 1 fully saturated rings. The highest BCUT2D eigenvalue weighted by Crippen LogP contribution is 2.24. The van der Waals surface area contributed by atoms with Crippen LogP contribution in [0.1, 0.15) is 15.9 Å². The minimum atomic E-state index is -4.11. The molecule has 0 saturated carbocycles. The standard InChI is InChI=1S/C29H29N5O6S/c1-40-29(37)25(16-21-18-31-24-12-6-5-11-23(21)24)32-27(35)26-19-33(28(36)20-8-7-13-30-17-20)14-15-34(26)41(38,39)22-9-3-2-4-10-22/h2-13,17-18,25-26,31H,14-16,19H2,1H3,(H,32,35)/t25-,26+/m1/s1. The fourth-order valence-corrected chi connectivity index (χ4v) is 6.57. The normalized spacial score (nSPS) is 16.7. The number of hydrogen-bond donors (Lipinski definition) is 2. The van der Waals surface area contributed by atoms with Crippen molar-refractivity contribution < 1.29 is 27.5 Å². The van der Waals surface area contributed by atoms with Crippen LogP contribution in [0.4, 0.5) is 0 Å². The number of esters is 1.